The van der Waals surface area contributed by atoms with Crippen LogP contribution in [0.2, 0.25) is 0 Å². The highest BCUT2D eigenvalue weighted by Gasteiger charge is 2.51. The van der Waals surface area contributed by atoms with Gasteiger partial charge in [0.2, 0.25) is 6.10 Å². The normalized spacial score (nSPS) is 21.3. The minimum absolute atomic E-state index is 0.0585. The Balaban J connectivity index is 1.37. The third-order valence-corrected chi connectivity index (χ3v) is 6.01. The predicted molar refractivity (Wildman–Crippen MR) is 107 cm³/mol. The third-order valence-electron chi connectivity index (χ3n) is 6.01. The molecular formula is C22H27N3O5. The first-order valence-electron chi connectivity index (χ1n) is 10.7. The first-order chi connectivity index (χ1) is 14.5. The molecule has 1 aromatic carbocycles. The van der Waals surface area contributed by atoms with Crippen LogP contribution in [0.3, 0.4) is 0 Å². The van der Waals surface area contributed by atoms with Crippen LogP contribution in [0.4, 0.5) is 4.79 Å². The average molecular weight is 413 g/mol. The molecule has 1 atom stereocenters. The Kier molecular flexibility index (Phi) is 5.74. The summed E-state index contributed by atoms with van der Waals surface area (Å²) in [5.41, 5.74) is -0.226. The SMILES string of the molecule is O=C(CCN1C(=O)NC2(CCCCC2)C1=O)OC(C(=O)NC1CC1)c1ccccc1. The second-order valence-electron chi connectivity index (χ2n) is 8.34. The van der Waals surface area contributed by atoms with Crippen molar-refractivity contribution in [3.8, 4) is 0 Å². The second kappa shape index (κ2) is 8.45. The van der Waals surface area contributed by atoms with Crippen molar-refractivity contribution >= 4 is 23.8 Å². The van der Waals surface area contributed by atoms with E-state index in [1.165, 1.54) is 0 Å². The molecule has 1 saturated heterocycles. The van der Waals surface area contributed by atoms with Crippen LogP contribution in [0.25, 0.3) is 0 Å². The number of hydrogen-bond donors (Lipinski definition) is 2. The fourth-order valence-electron chi connectivity index (χ4n) is 4.17. The summed E-state index contributed by atoms with van der Waals surface area (Å²) >= 11 is 0. The summed E-state index contributed by atoms with van der Waals surface area (Å²) in [6.07, 6.45) is 4.77. The van der Waals surface area contributed by atoms with Gasteiger partial charge in [-0.25, -0.2) is 4.79 Å². The van der Waals surface area contributed by atoms with Crippen molar-refractivity contribution in [2.75, 3.05) is 6.54 Å². The van der Waals surface area contributed by atoms with Gasteiger partial charge in [-0.1, -0.05) is 49.6 Å². The fraction of sp³-hybridized carbons (Fsp3) is 0.545. The highest BCUT2D eigenvalue weighted by Crippen LogP contribution is 2.33. The van der Waals surface area contributed by atoms with Gasteiger partial charge in [-0.05, 0) is 25.7 Å². The van der Waals surface area contributed by atoms with E-state index in [0.717, 1.165) is 37.0 Å². The molecule has 30 heavy (non-hydrogen) atoms. The lowest BCUT2D eigenvalue weighted by molar-refractivity contribution is -0.157. The van der Waals surface area contributed by atoms with Crippen molar-refractivity contribution < 1.29 is 23.9 Å². The number of urea groups is 1. The molecule has 3 aliphatic rings. The summed E-state index contributed by atoms with van der Waals surface area (Å²) in [7, 11) is 0. The lowest BCUT2D eigenvalue weighted by atomic mass is 9.82. The molecule has 8 heteroatoms. The minimum Gasteiger partial charge on any atom is -0.447 e. The molecule has 4 amide bonds. The van der Waals surface area contributed by atoms with Gasteiger partial charge < -0.3 is 15.4 Å². The van der Waals surface area contributed by atoms with Gasteiger partial charge in [-0.2, -0.15) is 0 Å². The molecule has 1 aliphatic heterocycles. The fourth-order valence-corrected chi connectivity index (χ4v) is 4.17. The summed E-state index contributed by atoms with van der Waals surface area (Å²) in [4.78, 5) is 51.3. The van der Waals surface area contributed by atoms with Gasteiger partial charge in [0.1, 0.15) is 5.54 Å². The number of esters is 1. The maximum Gasteiger partial charge on any atom is 0.325 e. The number of rotatable bonds is 7. The third kappa shape index (κ3) is 4.32. The van der Waals surface area contributed by atoms with Gasteiger partial charge in [0.25, 0.3) is 11.8 Å². The van der Waals surface area contributed by atoms with Crippen molar-refractivity contribution in [1.29, 1.82) is 0 Å². The quantitative estimate of drug-likeness (QED) is 0.527. The van der Waals surface area contributed by atoms with Gasteiger partial charge in [0, 0.05) is 18.2 Å². The molecule has 2 saturated carbocycles. The van der Waals surface area contributed by atoms with Crippen molar-refractivity contribution in [2.45, 2.75) is 69.1 Å². The molecular weight excluding hydrogens is 386 g/mol. The monoisotopic (exact) mass is 413 g/mol. The van der Waals surface area contributed by atoms with E-state index in [-0.39, 0.29) is 30.8 Å². The Hall–Kier alpha value is -2.90. The van der Waals surface area contributed by atoms with Crippen LogP contribution in [0.5, 0.6) is 0 Å². The Labute approximate surface area is 175 Å². The van der Waals surface area contributed by atoms with E-state index in [1.54, 1.807) is 24.3 Å². The molecule has 1 spiro atoms. The molecule has 160 valence electrons. The van der Waals surface area contributed by atoms with Crippen LogP contribution < -0.4 is 10.6 Å². The van der Waals surface area contributed by atoms with Crippen molar-refractivity contribution in [3.05, 3.63) is 35.9 Å². The molecule has 0 radical (unpaired) electrons. The smallest absolute Gasteiger partial charge is 0.325 e. The Bertz CT molecular complexity index is 830. The van der Waals surface area contributed by atoms with E-state index in [9.17, 15) is 19.2 Å². The zero-order valence-electron chi connectivity index (χ0n) is 16.9. The zero-order chi connectivity index (χ0) is 21.1. The molecule has 2 N–H and O–H groups in total. The molecule has 1 heterocycles. The van der Waals surface area contributed by atoms with E-state index in [4.69, 9.17) is 4.74 Å². The van der Waals surface area contributed by atoms with E-state index in [0.29, 0.717) is 18.4 Å². The number of ether oxygens (including phenoxy) is 1. The van der Waals surface area contributed by atoms with Gasteiger partial charge in [-0.3, -0.25) is 19.3 Å². The summed E-state index contributed by atoms with van der Waals surface area (Å²) in [6.45, 7) is -0.0585. The maximum atomic E-state index is 12.8. The average Bonchev–Trinajstić information content (AvgIpc) is 3.53. The number of carbonyl (C=O) groups is 4. The number of nitrogens with one attached hydrogen (secondary N) is 2. The van der Waals surface area contributed by atoms with Gasteiger partial charge in [0.15, 0.2) is 0 Å². The lowest BCUT2D eigenvalue weighted by Gasteiger charge is -2.30. The number of benzene rings is 1. The van der Waals surface area contributed by atoms with E-state index < -0.39 is 23.6 Å². The predicted octanol–water partition coefficient (Wildman–Crippen LogP) is 2.19. The van der Waals surface area contributed by atoms with Crippen molar-refractivity contribution in [1.82, 2.24) is 15.5 Å². The number of carbonyl (C=O) groups excluding carboxylic acids is 4. The largest absolute Gasteiger partial charge is 0.447 e. The van der Waals surface area contributed by atoms with Crippen molar-refractivity contribution in [3.63, 3.8) is 0 Å². The molecule has 1 unspecified atom stereocenters. The van der Waals surface area contributed by atoms with Gasteiger partial charge >= 0.3 is 12.0 Å². The van der Waals surface area contributed by atoms with Gasteiger partial charge in [0.05, 0.1) is 6.42 Å². The van der Waals surface area contributed by atoms with Crippen LogP contribution >= 0.6 is 0 Å². The Morgan fingerprint density at radius 1 is 1.13 bits per heavy atom. The minimum atomic E-state index is -1.05. The zero-order valence-corrected chi connectivity index (χ0v) is 16.9. The summed E-state index contributed by atoms with van der Waals surface area (Å²) < 4.78 is 5.47. The molecule has 1 aromatic rings. The Morgan fingerprint density at radius 3 is 2.50 bits per heavy atom. The molecule has 4 rings (SSSR count). The number of amides is 4. The van der Waals surface area contributed by atoms with Crippen molar-refractivity contribution in [2.24, 2.45) is 0 Å². The topological polar surface area (TPSA) is 105 Å². The first kappa shape index (κ1) is 20.4. The summed E-state index contributed by atoms with van der Waals surface area (Å²) in [5, 5.41) is 5.69. The Morgan fingerprint density at radius 2 is 1.83 bits per heavy atom. The first-order valence-corrected chi connectivity index (χ1v) is 10.7. The van der Waals surface area contributed by atoms with Crippen LogP contribution in [0.15, 0.2) is 30.3 Å². The molecule has 0 bridgehead atoms. The standard InChI is InChI=1S/C22H27N3O5/c26-17(11-14-25-20(28)22(24-21(25)29)12-5-2-6-13-22)30-18(15-7-3-1-4-8-15)19(27)23-16-9-10-16/h1,3-4,7-8,16,18H,2,5-6,9-14H2,(H,23,27)(H,24,29). The lowest BCUT2D eigenvalue weighted by Crippen LogP contribution is -2.48. The number of nitrogens with zero attached hydrogens (tertiary/aromatic N) is 1. The molecule has 3 fully saturated rings. The van der Waals surface area contributed by atoms with Crippen LogP contribution in [0.1, 0.15) is 63.0 Å². The van der Waals surface area contributed by atoms with E-state index in [1.807, 2.05) is 6.07 Å². The van der Waals surface area contributed by atoms with Crippen LogP contribution in [0, 0.1) is 0 Å². The van der Waals surface area contributed by atoms with Crippen LogP contribution in [-0.4, -0.2) is 46.8 Å². The highest BCUT2D eigenvalue weighted by molar-refractivity contribution is 6.07. The second-order valence-corrected chi connectivity index (χ2v) is 8.34. The molecule has 0 aromatic heterocycles. The van der Waals surface area contributed by atoms with E-state index in [2.05, 4.69) is 10.6 Å². The van der Waals surface area contributed by atoms with Crippen LogP contribution in [-0.2, 0) is 19.1 Å². The summed E-state index contributed by atoms with van der Waals surface area (Å²) in [6, 6.07) is 8.51. The molecule has 8 nitrogen and oxygen atoms in total. The highest BCUT2D eigenvalue weighted by atomic mass is 16.5. The van der Waals surface area contributed by atoms with E-state index >= 15 is 0 Å². The number of hydrogen-bond acceptors (Lipinski definition) is 5. The number of imide groups is 1. The summed E-state index contributed by atoms with van der Waals surface area (Å²) in [5.74, 6) is -1.24. The maximum absolute atomic E-state index is 12.8. The van der Waals surface area contributed by atoms with Gasteiger partial charge in [-0.15, -0.1) is 0 Å². The molecule has 2 aliphatic carbocycles.